The van der Waals surface area contributed by atoms with Gasteiger partial charge in [-0.15, -0.1) is 11.3 Å². The Morgan fingerprint density at radius 1 is 1.22 bits per heavy atom. The van der Waals surface area contributed by atoms with Crippen molar-refractivity contribution in [2.24, 2.45) is 0 Å². The molecule has 2 rings (SSSR count). The molecule has 1 heterocycles. The number of nitrogens with one attached hydrogen (secondary N) is 1. The molecule has 1 aromatic heterocycles. The van der Waals surface area contributed by atoms with Crippen molar-refractivity contribution in [2.75, 3.05) is 6.61 Å². The van der Waals surface area contributed by atoms with Crippen molar-refractivity contribution in [2.45, 2.75) is 32.7 Å². The van der Waals surface area contributed by atoms with Crippen molar-refractivity contribution >= 4 is 23.2 Å². The van der Waals surface area contributed by atoms with Gasteiger partial charge in [0.05, 0.1) is 0 Å². The van der Waals surface area contributed by atoms with Crippen LogP contribution in [-0.4, -0.2) is 24.5 Å². The van der Waals surface area contributed by atoms with Gasteiger partial charge in [0.25, 0.3) is 5.91 Å². The van der Waals surface area contributed by atoms with Gasteiger partial charge in [0, 0.05) is 6.04 Å². The SMILES string of the molecule is Cc1ccsc1C(=O)OCC(=O)N[C@H](C)CCc1ccccc1. The van der Waals surface area contributed by atoms with Crippen LogP contribution in [0.2, 0.25) is 0 Å². The van der Waals surface area contributed by atoms with E-state index in [0.717, 1.165) is 18.4 Å². The predicted octanol–water partition coefficient (Wildman–Crippen LogP) is 3.35. The summed E-state index contributed by atoms with van der Waals surface area (Å²) in [5, 5.41) is 4.68. The lowest BCUT2D eigenvalue weighted by Crippen LogP contribution is -2.36. The van der Waals surface area contributed by atoms with E-state index in [1.165, 1.54) is 16.9 Å². The molecule has 4 nitrogen and oxygen atoms in total. The average Bonchev–Trinajstić information content (AvgIpc) is 2.98. The third-order valence-corrected chi connectivity index (χ3v) is 4.49. The number of ether oxygens (including phenoxy) is 1. The summed E-state index contributed by atoms with van der Waals surface area (Å²) in [6.45, 7) is 3.55. The van der Waals surface area contributed by atoms with E-state index >= 15 is 0 Å². The lowest BCUT2D eigenvalue weighted by atomic mass is 10.1. The zero-order valence-corrected chi connectivity index (χ0v) is 14.2. The fraction of sp³-hybridized carbons (Fsp3) is 0.333. The summed E-state index contributed by atoms with van der Waals surface area (Å²) in [6.07, 6.45) is 1.74. The van der Waals surface area contributed by atoms with Gasteiger partial charge in [-0.3, -0.25) is 4.79 Å². The molecule has 1 aromatic carbocycles. The van der Waals surface area contributed by atoms with Crippen molar-refractivity contribution in [3.63, 3.8) is 0 Å². The first kappa shape index (κ1) is 17.2. The van der Waals surface area contributed by atoms with Gasteiger partial charge < -0.3 is 10.1 Å². The Morgan fingerprint density at radius 2 is 1.96 bits per heavy atom. The Bertz CT molecular complexity index is 651. The maximum atomic E-state index is 11.8. The lowest BCUT2D eigenvalue weighted by molar-refractivity contribution is -0.124. The van der Waals surface area contributed by atoms with E-state index in [2.05, 4.69) is 17.4 Å². The molecule has 0 spiro atoms. The summed E-state index contributed by atoms with van der Waals surface area (Å²) in [4.78, 5) is 24.2. The Labute approximate surface area is 140 Å². The van der Waals surface area contributed by atoms with Crippen LogP contribution in [0.4, 0.5) is 0 Å². The summed E-state index contributed by atoms with van der Waals surface area (Å²) in [7, 11) is 0. The fourth-order valence-corrected chi connectivity index (χ4v) is 3.01. The number of rotatable bonds is 7. The van der Waals surface area contributed by atoms with Crippen molar-refractivity contribution in [1.82, 2.24) is 5.32 Å². The summed E-state index contributed by atoms with van der Waals surface area (Å²) in [6, 6.07) is 12.0. The lowest BCUT2D eigenvalue weighted by Gasteiger charge is -2.14. The molecule has 0 saturated heterocycles. The van der Waals surface area contributed by atoms with Crippen LogP contribution in [-0.2, 0) is 16.0 Å². The molecule has 2 aromatic rings. The van der Waals surface area contributed by atoms with Gasteiger partial charge in [0.15, 0.2) is 6.61 Å². The topological polar surface area (TPSA) is 55.4 Å². The summed E-state index contributed by atoms with van der Waals surface area (Å²) in [5.74, 6) is -0.710. The zero-order valence-electron chi connectivity index (χ0n) is 13.4. The van der Waals surface area contributed by atoms with Crippen LogP contribution in [0.25, 0.3) is 0 Å². The normalized spacial score (nSPS) is 11.7. The quantitative estimate of drug-likeness (QED) is 0.792. The largest absolute Gasteiger partial charge is 0.451 e. The molecule has 1 atom stereocenters. The molecule has 1 amide bonds. The maximum absolute atomic E-state index is 11.8. The number of hydrogen-bond acceptors (Lipinski definition) is 4. The number of carbonyl (C=O) groups is 2. The molecule has 23 heavy (non-hydrogen) atoms. The molecule has 0 bridgehead atoms. The van der Waals surface area contributed by atoms with Crippen LogP contribution in [0.1, 0.15) is 34.1 Å². The van der Waals surface area contributed by atoms with Gasteiger partial charge in [-0.2, -0.15) is 0 Å². The highest BCUT2D eigenvalue weighted by Crippen LogP contribution is 2.16. The first-order chi connectivity index (χ1) is 11.1. The second-order valence-electron chi connectivity index (χ2n) is 5.50. The average molecular weight is 331 g/mol. The summed E-state index contributed by atoms with van der Waals surface area (Å²) >= 11 is 1.32. The maximum Gasteiger partial charge on any atom is 0.349 e. The zero-order chi connectivity index (χ0) is 16.7. The molecule has 0 saturated carbocycles. The molecule has 0 unspecified atom stereocenters. The standard InChI is InChI=1S/C18H21NO3S/c1-13-10-11-23-17(13)18(21)22-12-16(20)19-14(2)8-9-15-6-4-3-5-7-15/h3-7,10-11,14H,8-9,12H2,1-2H3,(H,19,20)/t14-/m1/s1. The van der Waals surface area contributed by atoms with E-state index < -0.39 is 5.97 Å². The Morgan fingerprint density at radius 3 is 2.61 bits per heavy atom. The molecule has 0 fully saturated rings. The van der Waals surface area contributed by atoms with E-state index in [-0.39, 0.29) is 18.6 Å². The number of hydrogen-bond donors (Lipinski definition) is 1. The van der Waals surface area contributed by atoms with Crippen molar-refractivity contribution in [3.8, 4) is 0 Å². The molecule has 0 aliphatic rings. The van der Waals surface area contributed by atoms with Gasteiger partial charge in [0.1, 0.15) is 4.88 Å². The van der Waals surface area contributed by atoms with Crippen molar-refractivity contribution < 1.29 is 14.3 Å². The molecule has 1 N–H and O–H groups in total. The van der Waals surface area contributed by atoms with Crippen molar-refractivity contribution in [1.29, 1.82) is 0 Å². The van der Waals surface area contributed by atoms with E-state index in [0.29, 0.717) is 4.88 Å². The van der Waals surface area contributed by atoms with Crippen LogP contribution < -0.4 is 5.32 Å². The minimum absolute atomic E-state index is 0.0323. The Kier molecular flexibility index (Phi) is 6.35. The monoisotopic (exact) mass is 331 g/mol. The Hall–Kier alpha value is -2.14. The van der Waals surface area contributed by atoms with Gasteiger partial charge >= 0.3 is 5.97 Å². The molecule has 0 aliphatic heterocycles. The van der Waals surface area contributed by atoms with Crippen LogP contribution in [0.15, 0.2) is 41.8 Å². The van der Waals surface area contributed by atoms with E-state index in [1.54, 1.807) is 0 Å². The molecule has 5 heteroatoms. The molecule has 122 valence electrons. The molecular weight excluding hydrogens is 310 g/mol. The third-order valence-electron chi connectivity index (χ3n) is 3.50. The minimum Gasteiger partial charge on any atom is -0.451 e. The third kappa shape index (κ3) is 5.53. The van der Waals surface area contributed by atoms with E-state index in [1.807, 2.05) is 43.5 Å². The molecule has 0 aliphatic carbocycles. The second kappa shape index (κ2) is 8.48. The van der Waals surface area contributed by atoms with Gasteiger partial charge in [-0.25, -0.2) is 4.79 Å². The second-order valence-corrected chi connectivity index (χ2v) is 6.42. The number of aryl methyl sites for hydroxylation is 2. The van der Waals surface area contributed by atoms with Gasteiger partial charge in [-0.1, -0.05) is 30.3 Å². The first-order valence-electron chi connectivity index (χ1n) is 7.60. The Balaban J connectivity index is 1.70. The summed E-state index contributed by atoms with van der Waals surface area (Å²) in [5.41, 5.74) is 2.12. The number of amides is 1. The number of benzene rings is 1. The van der Waals surface area contributed by atoms with Crippen LogP contribution in [0, 0.1) is 6.92 Å². The predicted molar refractivity (Wildman–Crippen MR) is 91.7 cm³/mol. The number of esters is 1. The van der Waals surface area contributed by atoms with Crippen molar-refractivity contribution in [3.05, 3.63) is 57.8 Å². The van der Waals surface area contributed by atoms with Crippen LogP contribution >= 0.6 is 11.3 Å². The highest BCUT2D eigenvalue weighted by Gasteiger charge is 2.14. The van der Waals surface area contributed by atoms with Gasteiger partial charge in [-0.05, 0) is 49.3 Å². The van der Waals surface area contributed by atoms with E-state index in [9.17, 15) is 9.59 Å². The highest BCUT2D eigenvalue weighted by molar-refractivity contribution is 7.12. The fourth-order valence-electron chi connectivity index (χ4n) is 2.20. The van der Waals surface area contributed by atoms with Crippen LogP contribution in [0.3, 0.4) is 0 Å². The molecular formula is C18H21NO3S. The summed E-state index contributed by atoms with van der Waals surface area (Å²) < 4.78 is 5.05. The number of carbonyl (C=O) groups excluding carboxylic acids is 2. The van der Waals surface area contributed by atoms with Gasteiger partial charge in [0.2, 0.25) is 0 Å². The first-order valence-corrected chi connectivity index (χ1v) is 8.48. The van der Waals surface area contributed by atoms with E-state index in [4.69, 9.17) is 4.74 Å². The number of thiophene rings is 1. The minimum atomic E-state index is -0.440. The molecule has 0 radical (unpaired) electrons. The smallest absolute Gasteiger partial charge is 0.349 e. The highest BCUT2D eigenvalue weighted by atomic mass is 32.1. The van der Waals surface area contributed by atoms with Crippen LogP contribution in [0.5, 0.6) is 0 Å².